The third-order valence-corrected chi connectivity index (χ3v) is 3.27. The Kier molecular flexibility index (Phi) is 5.97. The van der Waals surface area contributed by atoms with Crippen LogP contribution >= 0.6 is 12.2 Å². The first-order valence-corrected chi connectivity index (χ1v) is 7.66. The van der Waals surface area contributed by atoms with Gasteiger partial charge in [0.2, 0.25) is 5.91 Å². The maximum Gasteiger partial charge on any atom is 0.257 e. The molecule has 124 valence electrons. The van der Waals surface area contributed by atoms with E-state index in [0.717, 1.165) is 6.07 Å². The van der Waals surface area contributed by atoms with E-state index < -0.39 is 11.7 Å². The normalized spacial score (nSPS) is 9.92. The molecule has 0 heterocycles. The fraction of sp³-hybridized carbons (Fsp3) is 0.118. The van der Waals surface area contributed by atoms with E-state index in [-0.39, 0.29) is 16.6 Å². The third kappa shape index (κ3) is 5.13. The molecule has 0 aliphatic carbocycles. The molecule has 2 amide bonds. The maximum absolute atomic E-state index is 13.1. The average molecular weight is 345 g/mol. The van der Waals surface area contributed by atoms with Gasteiger partial charge >= 0.3 is 0 Å². The molecule has 2 rings (SSSR count). The molecule has 0 aliphatic heterocycles. The van der Waals surface area contributed by atoms with Gasteiger partial charge in [0.25, 0.3) is 5.91 Å². The minimum atomic E-state index is -0.501. The molecular weight excluding hydrogens is 329 g/mol. The Hall–Kier alpha value is -2.80. The number of carbonyl (C=O) groups excluding carboxylic acids is 2. The molecule has 0 aliphatic rings. The minimum absolute atomic E-state index is 0.0754. The second kappa shape index (κ2) is 8.16. The monoisotopic (exact) mass is 345 g/mol. The highest BCUT2D eigenvalue weighted by molar-refractivity contribution is 7.80. The first-order chi connectivity index (χ1) is 11.5. The number of halogens is 1. The van der Waals surface area contributed by atoms with E-state index in [0.29, 0.717) is 17.8 Å². The highest BCUT2D eigenvalue weighted by Gasteiger charge is 2.09. The molecule has 0 fully saturated rings. The van der Waals surface area contributed by atoms with Crippen LogP contribution in [0.5, 0.6) is 0 Å². The van der Waals surface area contributed by atoms with Crippen molar-refractivity contribution in [3.05, 3.63) is 59.9 Å². The number of carbonyl (C=O) groups is 2. The van der Waals surface area contributed by atoms with Crippen molar-refractivity contribution in [2.24, 2.45) is 0 Å². The largest absolute Gasteiger partial charge is 0.332 e. The van der Waals surface area contributed by atoms with Crippen LogP contribution < -0.4 is 16.0 Å². The number of hydrogen-bond acceptors (Lipinski definition) is 3. The number of thiocarbonyl (C=S) groups is 1. The summed E-state index contributed by atoms with van der Waals surface area (Å²) in [5.41, 5.74) is 1.49. The minimum Gasteiger partial charge on any atom is -0.332 e. The summed E-state index contributed by atoms with van der Waals surface area (Å²) in [6.45, 7) is 1.77. The zero-order valence-electron chi connectivity index (χ0n) is 12.9. The fourth-order valence-electron chi connectivity index (χ4n) is 1.85. The lowest BCUT2D eigenvalue weighted by Crippen LogP contribution is -2.34. The quantitative estimate of drug-likeness (QED) is 0.744. The lowest BCUT2D eigenvalue weighted by atomic mass is 10.2. The number of nitrogens with one attached hydrogen (secondary N) is 3. The Morgan fingerprint density at radius 3 is 2.25 bits per heavy atom. The van der Waals surface area contributed by atoms with Crippen LogP contribution in [0.1, 0.15) is 23.7 Å². The van der Waals surface area contributed by atoms with Crippen molar-refractivity contribution in [3.8, 4) is 0 Å². The molecule has 0 aromatic heterocycles. The summed E-state index contributed by atoms with van der Waals surface area (Å²) < 4.78 is 13.1. The molecule has 5 nitrogen and oxygen atoms in total. The van der Waals surface area contributed by atoms with Crippen molar-refractivity contribution in [1.82, 2.24) is 5.32 Å². The molecule has 24 heavy (non-hydrogen) atoms. The van der Waals surface area contributed by atoms with Crippen molar-refractivity contribution in [1.29, 1.82) is 0 Å². The van der Waals surface area contributed by atoms with Crippen LogP contribution in [-0.2, 0) is 4.79 Å². The van der Waals surface area contributed by atoms with E-state index in [2.05, 4.69) is 16.0 Å². The molecule has 0 atom stereocenters. The number of anilines is 2. The standard InChI is InChI=1S/C17H16FN3O2S/c1-2-15(22)19-13-6-8-14(9-7-13)20-17(24)21-16(23)11-4-3-5-12(18)10-11/h3-10H,2H2,1H3,(H,19,22)(H2,20,21,23,24). The van der Waals surface area contributed by atoms with E-state index in [9.17, 15) is 14.0 Å². The molecule has 0 unspecified atom stereocenters. The molecule has 3 N–H and O–H groups in total. The van der Waals surface area contributed by atoms with Crippen molar-refractivity contribution in [3.63, 3.8) is 0 Å². The van der Waals surface area contributed by atoms with Gasteiger partial charge in [-0.2, -0.15) is 0 Å². The Balaban J connectivity index is 1.92. The number of amides is 2. The molecule has 7 heteroatoms. The lowest BCUT2D eigenvalue weighted by Gasteiger charge is -2.10. The van der Waals surface area contributed by atoms with E-state index in [1.807, 2.05) is 0 Å². The van der Waals surface area contributed by atoms with Gasteiger partial charge in [-0.15, -0.1) is 0 Å². The van der Waals surface area contributed by atoms with Crippen LogP contribution in [0.2, 0.25) is 0 Å². The second-order valence-electron chi connectivity index (χ2n) is 4.90. The van der Waals surface area contributed by atoms with Crippen molar-refractivity contribution in [2.45, 2.75) is 13.3 Å². The van der Waals surface area contributed by atoms with Crippen molar-refractivity contribution >= 4 is 40.5 Å². The van der Waals surface area contributed by atoms with Gasteiger partial charge in [0.05, 0.1) is 0 Å². The van der Waals surface area contributed by atoms with Gasteiger partial charge in [-0.1, -0.05) is 13.0 Å². The Morgan fingerprint density at radius 1 is 1.04 bits per heavy atom. The van der Waals surface area contributed by atoms with Gasteiger partial charge in [-0.25, -0.2) is 4.39 Å². The SMILES string of the molecule is CCC(=O)Nc1ccc(NC(=S)NC(=O)c2cccc(F)c2)cc1. The summed E-state index contributed by atoms with van der Waals surface area (Å²) in [7, 11) is 0. The average Bonchev–Trinajstić information content (AvgIpc) is 2.56. The zero-order valence-corrected chi connectivity index (χ0v) is 13.7. The summed E-state index contributed by atoms with van der Waals surface area (Å²) in [6, 6.07) is 12.2. The summed E-state index contributed by atoms with van der Waals surface area (Å²) in [5, 5.41) is 8.14. The Bertz CT molecular complexity index is 763. The molecule has 0 saturated heterocycles. The van der Waals surface area contributed by atoms with E-state index in [4.69, 9.17) is 12.2 Å². The maximum atomic E-state index is 13.1. The Labute approximate surface area is 144 Å². The van der Waals surface area contributed by atoms with Crippen LogP contribution in [0.3, 0.4) is 0 Å². The molecule has 0 bridgehead atoms. The van der Waals surface area contributed by atoms with Crippen molar-refractivity contribution < 1.29 is 14.0 Å². The van der Waals surface area contributed by atoms with Gasteiger partial charge in [-0.3, -0.25) is 14.9 Å². The van der Waals surface area contributed by atoms with Crippen LogP contribution in [0.15, 0.2) is 48.5 Å². The lowest BCUT2D eigenvalue weighted by molar-refractivity contribution is -0.115. The first-order valence-electron chi connectivity index (χ1n) is 7.25. The molecular formula is C17H16FN3O2S. The highest BCUT2D eigenvalue weighted by atomic mass is 32.1. The van der Waals surface area contributed by atoms with Crippen LogP contribution in [-0.4, -0.2) is 16.9 Å². The number of rotatable bonds is 4. The summed E-state index contributed by atoms with van der Waals surface area (Å²) in [6.07, 6.45) is 0.399. The zero-order chi connectivity index (χ0) is 17.5. The Morgan fingerprint density at radius 2 is 1.67 bits per heavy atom. The molecule has 2 aromatic rings. The molecule has 2 aromatic carbocycles. The van der Waals surface area contributed by atoms with Gasteiger partial charge in [-0.05, 0) is 54.7 Å². The number of benzene rings is 2. The van der Waals surface area contributed by atoms with Crippen molar-refractivity contribution in [2.75, 3.05) is 10.6 Å². The second-order valence-corrected chi connectivity index (χ2v) is 5.31. The third-order valence-electron chi connectivity index (χ3n) is 3.06. The number of hydrogen-bond donors (Lipinski definition) is 3. The smallest absolute Gasteiger partial charge is 0.257 e. The van der Waals surface area contributed by atoms with E-state index >= 15 is 0 Å². The van der Waals surface area contributed by atoms with Crippen LogP contribution in [0.25, 0.3) is 0 Å². The van der Waals surface area contributed by atoms with Gasteiger partial charge < -0.3 is 10.6 Å². The molecule has 0 spiro atoms. The van der Waals surface area contributed by atoms with Crippen LogP contribution in [0, 0.1) is 5.82 Å². The highest BCUT2D eigenvalue weighted by Crippen LogP contribution is 2.14. The summed E-state index contributed by atoms with van der Waals surface area (Å²) in [5.74, 6) is -1.07. The van der Waals surface area contributed by atoms with Gasteiger partial charge in [0, 0.05) is 23.4 Å². The van der Waals surface area contributed by atoms with E-state index in [1.54, 1.807) is 31.2 Å². The van der Waals surface area contributed by atoms with Gasteiger partial charge in [0.15, 0.2) is 5.11 Å². The molecule has 0 saturated carbocycles. The fourth-order valence-corrected chi connectivity index (χ4v) is 2.06. The van der Waals surface area contributed by atoms with Gasteiger partial charge in [0.1, 0.15) is 5.82 Å². The van der Waals surface area contributed by atoms with Crippen LogP contribution in [0.4, 0.5) is 15.8 Å². The topological polar surface area (TPSA) is 70.2 Å². The predicted molar refractivity (Wildman–Crippen MR) is 95.4 cm³/mol. The van der Waals surface area contributed by atoms with E-state index in [1.165, 1.54) is 18.2 Å². The molecule has 0 radical (unpaired) electrons. The summed E-state index contributed by atoms with van der Waals surface area (Å²) in [4.78, 5) is 23.3. The first kappa shape index (κ1) is 17.6. The summed E-state index contributed by atoms with van der Waals surface area (Å²) >= 11 is 5.06. The predicted octanol–water partition coefficient (Wildman–Crippen LogP) is 3.30.